The Hall–Kier alpha value is -2.30. The molecule has 0 bridgehead atoms. The molecule has 1 atom stereocenters. The van der Waals surface area contributed by atoms with Crippen LogP contribution in [0.15, 0.2) is 30.6 Å². The highest BCUT2D eigenvalue weighted by atomic mass is 16.5. The minimum atomic E-state index is -0.0828. The van der Waals surface area contributed by atoms with Gasteiger partial charge in [-0.3, -0.25) is 4.79 Å². The Labute approximate surface area is 124 Å². The third kappa shape index (κ3) is 2.77. The largest absolute Gasteiger partial charge is 0.496 e. The average molecular weight is 285 g/mol. The number of aromatic nitrogens is 2. The predicted octanol–water partition coefficient (Wildman–Crippen LogP) is 1.94. The average Bonchev–Trinajstić information content (AvgIpc) is 2.94. The van der Waals surface area contributed by atoms with Crippen LogP contribution in [0.4, 0.5) is 0 Å². The zero-order valence-corrected chi connectivity index (χ0v) is 12.3. The van der Waals surface area contributed by atoms with Crippen molar-refractivity contribution in [2.75, 3.05) is 7.11 Å². The first-order valence-electron chi connectivity index (χ1n) is 7.13. The van der Waals surface area contributed by atoms with Crippen LogP contribution in [0, 0.1) is 6.92 Å². The molecule has 5 heteroatoms. The Kier molecular flexibility index (Phi) is 3.64. The first-order valence-corrected chi connectivity index (χ1v) is 7.13. The second-order valence-electron chi connectivity index (χ2n) is 5.40. The lowest BCUT2D eigenvalue weighted by Gasteiger charge is -2.24. The number of hydrogen-bond acceptors (Lipinski definition) is 3. The monoisotopic (exact) mass is 285 g/mol. The lowest BCUT2D eigenvalue weighted by Crippen LogP contribution is -2.40. The Morgan fingerprint density at radius 3 is 3.14 bits per heavy atom. The highest BCUT2D eigenvalue weighted by Gasteiger charge is 2.22. The molecule has 1 N–H and O–H groups in total. The van der Waals surface area contributed by atoms with Crippen LogP contribution >= 0.6 is 0 Å². The van der Waals surface area contributed by atoms with E-state index in [1.54, 1.807) is 7.11 Å². The summed E-state index contributed by atoms with van der Waals surface area (Å²) in [5, 5.41) is 3.10. The van der Waals surface area contributed by atoms with Crippen LogP contribution in [0.3, 0.4) is 0 Å². The molecule has 1 aromatic carbocycles. The molecule has 0 spiro atoms. The fraction of sp³-hybridized carbons (Fsp3) is 0.375. The van der Waals surface area contributed by atoms with Gasteiger partial charge >= 0.3 is 0 Å². The zero-order valence-electron chi connectivity index (χ0n) is 12.3. The predicted molar refractivity (Wildman–Crippen MR) is 79.5 cm³/mol. The maximum atomic E-state index is 12.5. The maximum Gasteiger partial charge on any atom is 0.255 e. The SMILES string of the molecule is COc1ccc(C)cc1C(=O)NC1CCn2ccnc2C1. The fourth-order valence-electron chi connectivity index (χ4n) is 2.74. The van der Waals surface area contributed by atoms with E-state index in [2.05, 4.69) is 14.9 Å². The molecule has 2 aromatic rings. The number of nitrogens with one attached hydrogen (secondary N) is 1. The smallest absolute Gasteiger partial charge is 0.255 e. The van der Waals surface area contributed by atoms with Gasteiger partial charge in [-0.25, -0.2) is 4.98 Å². The number of imidazole rings is 1. The second-order valence-corrected chi connectivity index (χ2v) is 5.40. The summed E-state index contributed by atoms with van der Waals surface area (Å²) in [6.45, 7) is 2.86. The quantitative estimate of drug-likeness (QED) is 0.937. The van der Waals surface area contributed by atoms with Gasteiger partial charge < -0.3 is 14.6 Å². The number of nitrogens with zero attached hydrogens (tertiary/aromatic N) is 2. The molecule has 0 fully saturated rings. The van der Waals surface area contributed by atoms with Crippen molar-refractivity contribution in [1.29, 1.82) is 0 Å². The van der Waals surface area contributed by atoms with E-state index in [-0.39, 0.29) is 11.9 Å². The number of benzene rings is 1. The highest BCUT2D eigenvalue weighted by Crippen LogP contribution is 2.20. The summed E-state index contributed by atoms with van der Waals surface area (Å²) < 4.78 is 7.41. The van der Waals surface area contributed by atoms with Crippen molar-refractivity contribution < 1.29 is 9.53 Å². The second kappa shape index (κ2) is 5.60. The van der Waals surface area contributed by atoms with E-state index in [0.29, 0.717) is 11.3 Å². The third-order valence-electron chi connectivity index (χ3n) is 3.88. The molecule has 21 heavy (non-hydrogen) atoms. The van der Waals surface area contributed by atoms with Gasteiger partial charge in [-0.15, -0.1) is 0 Å². The number of carbonyl (C=O) groups excluding carboxylic acids is 1. The topological polar surface area (TPSA) is 56.1 Å². The number of ether oxygens (including phenoxy) is 1. The maximum absolute atomic E-state index is 12.5. The number of amides is 1. The fourth-order valence-corrected chi connectivity index (χ4v) is 2.74. The van der Waals surface area contributed by atoms with Crippen molar-refractivity contribution in [3.05, 3.63) is 47.5 Å². The third-order valence-corrected chi connectivity index (χ3v) is 3.88. The molecule has 1 unspecified atom stereocenters. The van der Waals surface area contributed by atoms with Gasteiger partial charge in [0.25, 0.3) is 5.91 Å². The van der Waals surface area contributed by atoms with E-state index in [1.165, 1.54) is 0 Å². The lowest BCUT2D eigenvalue weighted by molar-refractivity contribution is 0.0927. The highest BCUT2D eigenvalue weighted by molar-refractivity contribution is 5.97. The van der Waals surface area contributed by atoms with Gasteiger partial charge in [0.2, 0.25) is 0 Å². The minimum absolute atomic E-state index is 0.0828. The summed E-state index contributed by atoms with van der Waals surface area (Å²) in [4.78, 5) is 16.8. The van der Waals surface area contributed by atoms with Crippen LogP contribution in [0.2, 0.25) is 0 Å². The van der Waals surface area contributed by atoms with Crippen molar-refractivity contribution in [2.45, 2.75) is 32.4 Å². The molecule has 0 aliphatic carbocycles. The molecule has 3 rings (SSSR count). The van der Waals surface area contributed by atoms with Crippen molar-refractivity contribution in [3.8, 4) is 5.75 Å². The van der Waals surface area contributed by atoms with E-state index >= 15 is 0 Å². The van der Waals surface area contributed by atoms with Crippen molar-refractivity contribution in [3.63, 3.8) is 0 Å². The van der Waals surface area contributed by atoms with Gasteiger partial charge in [0, 0.05) is 31.4 Å². The summed E-state index contributed by atoms with van der Waals surface area (Å²) in [6.07, 6.45) is 5.48. The number of methoxy groups -OCH3 is 1. The molecular weight excluding hydrogens is 266 g/mol. The molecule has 1 aromatic heterocycles. The van der Waals surface area contributed by atoms with Crippen LogP contribution in [0.25, 0.3) is 0 Å². The molecule has 0 saturated carbocycles. The summed E-state index contributed by atoms with van der Waals surface area (Å²) in [7, 11) is 1.58. The molecule has 1 amide bonds. The van der Waals surface area contributed by atoms with E-state index in [4.69, 9.17) is 4.74 Å². The van der Waals surface area contributed by atoms with Crippen LogP contribution in [0.1, 0.15) is 28.2 Å². The molecule has 1 aliphatic rings. The Balaban J connectivity index is 1.74. The molecule has 1 aliphatic heterocycles. The van der Waals surface area contributed by atoms with Crippen molar-refractivity contribution >= 4 is 5.91 Å². The zero-order chi connectivity index (χ0) is 14.8. The molecule has 0 radical (unpaired) electrons. The normalized spacial score (nSPS) is 17.1. The Morgan fingerprint density at radius 2 is 2.33 bits per heavy atom. The van der Waals surface area contributed by atoms with Crippen LogP contribution < -0.4 is 10.1 Å². The number of aryl methyl sites for hydroxylation is 2. The van der Waals surface area contributed by atoms with Gasteiger partial charge in [-0.2, -0.15) is 0 Å². The van der Waals surface area contributed by atoms with Gasteiger partial charge in [-0.05, 0) is 25.5 Å². The molecule has 0 saturated heterocycles. The molecule has 5 nitrogen and oxygen atoms in total. The van der Waals surface area contributed by atoms with Crippen LogP contribution in [0.5, 0.6) is 5.75 Å². The van der Waals surface area contributed by atoms with E-state index in [1.807, 2.05) is 37.5 Å². The number of carbonyl (C=O) groups is 1. The lowest BCUT2D eigenvalue weighted by atomic mass is 10.0. The number of rotatable bonds is 3. The number of hydrogen-bond donors (Lipinski definition) is 1. The van der Waals surface area contributed by atoms with Crippen molar-refractivity contribution in [1.82, 2.24) is 14.9 Å². The first kappa shape index (κ1) is 13.7. The summed E-state index contributed by atoms with van der Waals surface area (Å²) in [6, 6.07) is 5.75. The van der Waals surface area contributed by atoms with Gasteiger partial charge in [0.05, 0.1) is 12.7 Å². The van der Waals surface area contributed by atoms with Gasteiger partial charge in [0.1, 0.15) is 11.6 Å². The van der Waals surface area contributed by atoms with Gasteiger partial charge in [-0.1, -0.05) is 11.6 Å². The van der Waals surface area contributed by atoms with E-state index in [9.17, 15) is 4.79 Å². The standard InChI is InChI=1S/C16H19N3O2/c1-11-3-4-14(21-2)13(9-11)16(20)18-12-5-7-19-8-6-17-15(19)10-12/h3-4,6,8-9,12H,5,7,10H2,1-2H3,(H,18,20). The summed E-state index contributed by atoms with van der Waals surface area (Å²) in [5.41, 5.74) is 1.63. The minimum Gasteiger partial charge on any atom is -0.496 e. The molecule has 2 heterocycles. The van der Waals surface area contributed by atoms with Crippen molar-refractivity contribution in [2.24, 2.45) is 0 Å². The van der Waals surface area contributed by atoms with Crippen LogP contribution in [-0.4, -0.2) is 28.6 Å². The first-order chi connectivity index (χ1) is 10.2. The summed E-state index contributed by atoms with van der Waals surface area (Å²) >= 11 is 0. The molecule has 110 valence electrons. The van der Waals surface area contributed by atoms with Crippen LogP contribution in [-0.2, 0) is 13.0 Å². The summed E-state index contributed by atoms with van der Waals surface area (Å²) in [5.74, 6) is 1.55. The number of fused-ring (bicyclic) bond motifs is 1. The molecular formula is C16H19N3O2. The Morgan fingerprint density at radius 1 is 1.48 bits per heavy atom. The van der Waals surface area contributed by atoms with E-state index in [0.717, 1.165) is 30.8 Å². The van der Waals surface area contributed by atoms with Gasteiger partial charge in [0.15, 0.2) is 0 Å². The Bertz CT molecular complexity index is 663. The van der Waals surface area contributed by atoms with E-state index < -0.39 is 0 Å².